The van der Waals surface area contributed by atoms with Gasteiger partial charge in [-0.1, -0.05) is 38.8 Å². The van der Waals surface area contributed by atoms with Gasteiger partial charge in [0.05, 0.1) is 5.60 Å². The Labute approximate surface area is 97.3 Å². The zero-order valence-electron chi connectivity index (χ0n) is 10.2. The lowest BCUT2D eigenvalue weighted by molar-refractivity contribution is 0.0216. The Morgan fingerprint density at radius 3 is 2.00 bits per heavy atom. The van der Waals surface area contributed by atoms with Crippen molar-refractivity contribution in [3.05, 3.63) is 35.6 Å². The molecule has 1 nitrogen and oxygen atoms in total. The number of aliphatic hydroxyl groups is 1. The lowest BCUT2D eigenvalue weighted by atomic mass is 9.86. The first-order valence-corrected chi connectivity index (χ1v) is 6.06. The van der Waals surface area contributed by atoms with Crippen LogP contribution in [0.2, 0.25) is 0 Å². The van der Waals surface area contributed by atoms with Crippen LogP contribution in [-0.2, 0) is 6.42 Å². The van der Waals surface area contributed by atoms with E-state index in [2.05, 4.69) is 13.8 Å². The summed E-state index contributed by atoms with van der Waals surface area (Å²) in [4.78, 5) is 0. The van der Waals surface area contributed by atoms with Crippen LogP contribution in [0.1, 0.15) is 45.1 Å². The summed E-state index contributed by atoms with van der Waals surface area (Å²) in [5, 5.41) is 10.4. The van der Waals surface area contributed by atoms with Gasteiger partial charge in [-0.2, -0.15) is 0 Å². The molecular formula is C14H21FO. The van der Waals surface area contributed by atoms with Gasteiger partial charge in [0.1, 0.15) is 5.82 Å². The van der Waals surface area contributed by atoms with Crippen LogP contribution in [0.4, 0.5) is 4.39 Å². The highest BCUT2D eigenvalue weighted by molar-refractivity contribution is 5.18. The average molecular weight is 224 g/mol. The van der Waals surface area contributed by atoms with Gasteiger partial charge in [0, 0.05) is 6.42 Å². The first-order chi connectivity index (χ1) is 7.59. The van der Waals surface area contributed by atoms with E-state index in [-0.39, 0.29) is 5.82 Å². The Morgan fingerprint density at radius 1 is 1.06 bits per heavy atom. The lowest BCUT2D eigenvalue weighted by Gasteiger charge is -2.27. The molecule has 0 saturated heterocycles. The van der Waals surface area contributed by atoms with Crippen LogP contribution in [-0.4, -0.2) is 10.7 Å². The largest absolute Gasteiger partial charge is 0.390 e. The average Bonchev–Trinajstić information content (AvgIpc) is 2.22. The smallest absolute Gasteiger partial charge is 0.123 e. The Bertz CT molecular complexity index is 299. The fraction of sp³-hybridized carbons (Fsp3) is 0.571. The maximum atomic E-state index is 12.8. The molecule has 0 atom stereocenters. The van der Waals surface area contributed by atoms with Crippen LogP contribution in [0, 0.1) is 5.82 Å². The minimum Gasteiger partial charge on any atom is -0.390 e. The number of hydrogen-bond donors (Lipinski definition) is 1. The van der Waals surface area contributed by atoms with Gasteiger partial charge in [-0.15, -0.1) is 0 Å². The van der Waals surface area contributed by atoms with E-state index in [0.717, 1.165) is 31.2 Å². The van der Waals surface area contributed by atoms with Crippen molar-refractivity contribution in [3.63, 3.8) is 0 Å². The molecule has 0 aromatic heterocycles. The van der Waals surface area contributed by atoms with Gasteiger partial charge >= 0.3 is 0 Å². The SMILES string of the molecule is CCCC(O)(CCC)Cc1ccc(F)cc1. The van der Waals surface area contributed by atoms with Gasteiger partial charge in [-0.05, 0) is 30.5 Å². The summed E-state index contributed by atoms with van der Waals surface area (Å²) in [7, 11) is 0. The van der Waals surface area contributed by atoms with Gasteiger partial charge in [0.15, 0.2) is 0 Å². The van der Waals surface area contributed by atoms with E-state index in [1.807, 2.05) is 0 Å². The van der Waals surface area contributed by atoms with Crippen molar-refractivity contribution in [2.45, 2.75) is 51.6 Å². The van der Waals surface area contributed by atoms with E-state index in [1.165, 1.54) is 12.1 Å². The standard InChI is InChI=1S/C14H21FO/c1-3-9-14(16,10-4-2)11-12-5-7-13(15)8-6-12/h5-8,16H,3-4,9-11H2,1-2H3. The van der Waals surface area contributed by atoms with E-state index < -0.39 is 5.60 Å². The number of hydrogen-bond acceptors (Lipinski definition) is 1. The maximum Gasteiger partial charge on any atom is 0.123 e. The molecule has 90 valence electrons. The molecule has 0 unspecified atom stereocenters. The van der Waals surface area contributed by atoms with E-state index in [4.69, 9.17) is 0 Å². The molecule has 1 aromatic rings. The summed E-state index contributed by atoms with van der Waals surface area (Å²) >= 11 is 0. The predicted molar refractivity (Wildman–Crippen MR) is 64.9 cm³/mol. The maximum absolute atomic E-state index is 12.8. The second-order valence-electron chi connectivity index (χ2n) is 4.53. The molecule has 1 N–H and O–H groups in total. The molecule has 0 bridgehead atoms. The van der Waals surface area contributed by atoms with Crippen LogP contribution in [0.15, 0.2) is 24.3 Å². The van der Waals surface area contributed by atoms with Crippen molar-refractivity contribution in [2.75, 3.05) is 0 Å². The highest BCUT2D eigenvalue weighted by Gasteiger charge is 2.24. The van der Waals surface area contributed by atoms with Crippen molar-refractivity contribution in [2.24, 2.45) is 0 Å². The second kappa shape index (κ2) is 6.00. The molecule has 1 aromatic carbocycles. The van der Waals surface area contributed by atoms with Crippen LogP contribution < -0.4 is 0 Å². The Kier molecular flexibility index (Phi) is 4.94. The minimum absolute atomic E-state index is 0.224. The molecule has 0 spiro atoms. The fourth-order valence-corrected chi connectivity index (χ4v) is 2.21. The molecule has 1 rings (SSSR count). The van der Waals surface area contributed by atoms with E-state index in [0.29, 0.717) is 6.42 Å². The van der Waals surface area contributed by atoms with Gasteiger partial charge in [0.2, 0.25) is 0 Å². The monoisotopic (exact) mass is 224 g/mol. The first-order valence-electron chi connectivity index (χ1n) is 6.06. The fourth-order valence-electron chi connectivity index (χ4n) is 2.21. The van der Waals surface area contributed by atoms with Crippen molar-refractivity contribution in [1.29, 1.82) is 0 Å². The third-order valence-corrected chi connectivity index (χ3v) is 2.88. The van der Waals surface area contributed by atoms with Gasteiger partial charge in [-0.3, -0.25) is 0 Å². The molecule has 0 aliphatic rings. The van der Waals surface area contributed by atoms with Crippen LogP contribution in [0.3, 0.4) is 0 Å². The summed E-state index contributed by atoms with van der Waals surface area (Å²) in [5.41, 5.74) is 0.382. The topological polar surface area (TPSA) is 20.2 Å². The van der Waals surface area contributed by atoms with Crippen LogP contribution >= 0.6 is 0 Å². The third kappa shape index (κ3) is 3.93. The zero-order valence-corrected chi connectivity index (χ0v) is 10.2. The van der Waals surface area contributed by atoms with Gasteiger partial charge in [0.25, 0.3) is 0 Å². The number of rotatable bonds is 6. The predicted octanol–water partition coefficient (Wildman–Crippen LogP) is 3.70. The Morgan fingerprint density at radius 2 is 1.56 bits per heavy atom. The highest BCUT2D eigenvalue weighted by atomic mass is 19.1. The minimum atomic E-state index is -0.624. The molecule has 0 radical (unpaired) electrons. The lowest BCUT2D eigenvalue weighted by Crippen LogP contribution is -2.31. The highest BCUT2D eigenvalue weighted by Crippen LogP contribution is 2.24. The van der Waals surface area contributed by atoms with Crippen molar-refractivity contribution >= 4 is 0 Å². The normalized spacial score (nSPS) is 11.8. The summed E-state index contributed by atoms with van der Waals surface area (Å²) in [6, 6.07) is 6.42. The second-order valence-corrected chi connectivity index (χ2v) is 4.53. The van der Waals surface area contributed by atoms with Crippen LogP contribution in [0.5, 0.6) is 0 Å². The number of benzene rings is 1. The molecule has 0 saturated carbocycles. The Balaban J connectivity index is 2.70. The summed E-state index contributed by atoms with van der Waals surface area (Å²) in [6.45, 7) is 4.15. The molecule has 0 aliphatic heterocycles. The first kappa shape index (κ1) is 13.2. The van der Waals surface area contributed by atoms with E-state index in [1.54, 1.807) is 12.1 Å². The van der Waals surface area contributed by atoms with Crippen molar-refractivity contribution in [3.8, 4) is 0 Å². The molecular weight excluding hydrogens is 203 g/mol. The molecule has 0 aliphatic carbocycles. The summed E-state index contributed by atoms with van der Waals surface area (Å²) < 4.78 is 12.8. The number of halogens is 1. The van der Waals surface area contributed by atoms with Crippen molar-refractivity contribution in [1.82, 2.24) is 0 Å². The summed E-state index contributed by atoms with van der Waals surface area (Å²) in [6.07, 6.45) is 4.17. The molecule has 0 amide bonds. The van der Waals surface area contributed by atoms with E-state index in [9.17, 15) is 9.50 Å². The molecule has 16 heavy (non-hydrogen) atoms. The quantitative estimate of drug-likeness (QED) is 0.781. The van der Waals surface area contributed by atoms with Gasteiger partial charge in [-0.25, -0.2) is 4.39 Å². The van der Waals surface area contributed by atoms with Crippen molar-refractivity contribution < 1.29 is 9.50 Å². The van der Waals surface area contributed by atoms with Crippen LogP contribution in [0.25, 0.3) is 0 Å². The molecule has 2 heteroatoms. The van der Waals surface area contributed by atoms with E-state index >= 15 is 0 Å². The Hall–Kier alpha value is -0.890. The summed E-state index contributed by atoms with van der Waals surface area (Å²) in [5.74, 6) is -0.224. The molecule has 0 heterocycles. The molecule has 0 fully saturated rings. The van der Waals surface area contributed by atoms with Gasteiger partial charge < -0.3 is 5.11 Å². The third-order valence-electron chi connectivity index (χ3n) is 2.88. The zero-order chi connectivity index (χ0) is 12.0.